The van der Waals surface area contributed by atoms with Gasteiger partial charge in [0, 0.05) is 17.5 Å². The average molecular weight is 235 g/mol. The van der Waals surface area contributed by atoms with E-state index < -0.39 is 0 Å². The van der Waals surface area contributed by atoms with E-state index in [9.17, 15) is 4.79 Å². The maximum atomic E-state index is 12.2. The largest absolute Gasteiger partial charge is 0.287 e. The Balaban J connectivity index is 2.34. The quantitative estimate of drug-likeness (QED) is 0.764. The van der Waals surface area contributed by atoms with Gasteiger partial charge >= 0.3 is 0 Å². The lowest BCUT2D eigenvalue weighted by molar-refractivity contribution is 0.102. The van der Waals surface area contributed by atoms with Gasteiger partial charge in [0.25, 0.3) is 0 Å². The molecule has 0 fully saturated rings. The summed E-state index contributed by atoms with van der Waals surface area (Å²) in [4.78, 5) is 12.2. The van der Waals surface area contributed by atoms with Crippen LogP contribution in [0.15, 0.2) is 17.0 Å². The minimum atomic E-state index is 0.0113. The molecule has 0 radical (unpaired) electrons. The molecule has 0 saturated carbocycles. The third-order valence-corrected chi connectivity index (χ3v) is 3.25. The molecule has 0 aliphatic carbocycles. The van der Waals surface area contributed by atoms with Crippen LogP contribution in [0, 0.1) is 6.92 Å². The van der Waals surface area contributed by atoms with Gasteiger partial charge in [0.1, 0.15) is 5.69 Å². The molecule has 16 heavy (non-hydrogen) atoms. The number of hydrogen-bond donors (Lipinski definition) is 0. The number of aryl methyl sites for hydroxylation is 2. The number of thiophene rings is 1. The SMILES string of the molecule is CCCn1nncc1C(=O)c1cscc1C. The lowest BCUT2D eigenvalue weighted by Gasteiger charge is -2.03. The first kappa shape index (κ1) is 11.0. The highest BCUT2D eigenvalue weighted by atomic mass is 32.1. The van der Waals surface area contributed by atoms with E-state index in [1.165, 1.54) is 6.20 Å². The summed E-state index contributed by atoms with van der Waals surface area (Å²) in [5, 5.41) is 11.6. The molecule has 0 atom stereocenters. The fraction of sp³-hybridized carbons (Fsp3) is 0.364. The molecule has 0 aliphatic heterocycles. The zero-order chi connectivity index (χ0) is 11.5. The van der Waals surface area contributed by atoms with Gasteiger partial charge in [-0.2, -0.15) is 11.3 Å². The Labute approximate surface area is 97.9 Å². The Kier molecular flexibility index (Phi) is 3.14. The van der Waals surface area contributed by atoms with E-state index in [1.807, 2.05) is 24.6 Å². The van der Waals surface area contributed by atoms with Gasteiger partial charge in [-0.3, -0.25) is 4.79 Å². The van der Waals surface area contributed by atoms with Crippen LogP contribution < -0.4 is 0 Å². The van der Waals surface area contributed by atoms with E-state index >= 15 is 0 Å². The first-order chi connectivity index (χ1) is 7.74. The molecule has 84 valence electrons. The zero-order valence-corrected chi connectivity index (χ0v) is 10.1. The van der Waals surface area contributed by atoms with Crippen LogP contribution in [0.1, 0.15) is 35.0 Å². The molecule has 2 rings (SSSR count). The maximum absolute atomic E-state index is 12.2. The van der Waals surface area contributed by atoms with Crippen LogP contribution in [0.3, 0.4) is 0 Å². The van der Waals surface area contributed by atoms with Crippen molar-refractivity contribution in [2.45, 2.75) is 26.8 Å². The number of rotatable bonds is 4. The number of ketones is 1. The molecule has 0 spiro atoms. The molecule has 0 amide bonds. The molecule has 0 N–H and O–H groups in total. The first-order valence-corrected chi connectivity index (χ1v) is 6.14. The van der Waals surface area contributed by atoms with Gasteiger partial charge in [-0.1, -0.05) is 12.1 Å². The molecule has 2 aromatic rings. The first-order valence-electron chi connectivity index (χ1n) is 5.20. The number of hydrogen-bond acceptors (Lipinski definition) is 4. The normalized spacial score (nSPS) is 10.6. The van der Waals surface area contributed by atoms with Crippen molar-refractivity contribution in [3.8, 4) is 0 Å². The van der Waals surface area contributed by atoms with E-state index in [2.05, 4.69) is 10.3 Å². The van der Waals surface area contributed by atoms with E-state index in [4.69, 9.17) is 0 Å². The van der Waals surface area contributed by atoms with Gasteiger partial charge in [-0.15, -0.1) is 5.10 Å². The van der Waals surface area contributed by atoms with Crippen LogP contribution in [0.4, 0.5) is 0 Å². The standard InChI is InChI=1S/C11H13N3OS/c1-3-4-14-10(5-12-13-14)11(15)9-7-16-6-8(9)2/h5-7H,3-4H2,1-2H3. The molecule has 0 bridgehead atoms. The van der Waals surface area contributed by atoms with E-state index in [-0.39, 0.29) is 5.78 Å². The molecule has 0 aliphatic rings. The topological polar surface area (TPSA) is 47.8 Å². The van der Waals surface area contributed by atoms with Crippen molar-refractivity contribution in [3.63, 3.8) is 0 Å². The predicted octanol–water partition coefficient (Wildman–Crippen LogP) is 2.29. The minimum absolute atomic E-state index is 0.0113. The average Bonchev–Trinajstić information content (AvgIpc) is 2.87. The van der Waals surface area contributed by atoms with Crippen LogP contribution in [-0.4, -0.2) is 20.8 Å². The smallest absolute Gasteiger partial charge is 0.213 e. The van der Waals surface area contributed by atoms with Crippen LogP contribution in [-0.2, 0) is 6.54 Å². The Bertz CT molecular complexity index is 501. The van der Waals surface area contributed by atoms with E-state index in [0.29, 0.717) is 5.69 Å². The van der Waals surface area contributed by atoms with Crippen molar-refractivity contribution in [3.05, 3.63) is 33.8 Å². The van der Waals surface area contributed by atoms with Gasteiger partial charge < -0.3 is 0 Å². The third kappa shape index (κ3) is 1.90. The predicted molar refractivity (Wildman–Crippen MR) is 62.8 cm³/mol. The van der Waals surface area contributed by atoms with Gasteiger partial charge in [0.15, 0.2) is 0 Å². The lowest BCUT2D eigenvalue weighted by atomic mass is 10.1. The third-order valence-electron chi connectivity index (χ3n) is 2.39. The van der Waals surface area contributed by atoms with E-state index in [1.54, 1.807) is 16.0 Å². The summed E-state index contributed by atoms with van der Waals surface area (Å²) in [6.07, 6.45) is 2.47. The highest BCUT2D eigenvalue weighted by Gasteiger charge is 2.17. The monoisotopic (exact) mass is 235 g/mol. The van der Waals surface area contributed by atoms with Gasteiger partial charge in [-0.25, -0.2) is 4.68 Å². The highest BCUT2D eigenvalue weighted by molar-refractivity contribution is 7.08. The van der Waals surface area contributed by atoms with Crippen molar-refractivity contribution >= 4 is 17.1 Å². The van der Waals surface area contributed by atoms with Gasteiger partial charge in [-0.05, 0) is 24.3 Å². The number of carbonyl (C=O) groups excluding carboxylic acids is 1. The summed E-state index contributed by atoms with van der Waals surface area (Å²) in [5.41, 5.74) is 2.34. The second-order valence-electron chi connectivity index (χ2n) is 3.64. The molecule has 0 unspecified atom stereocenters. The van der Waals surface area contributed by atoms with Gasteiger partial charge in [0.2, 0.25) is 5.78 Å². The number of carbonyl (C=O) groups is 1. The number of aromatic nitrogens is 3. The lowest BCUT2D eigenvalue weighted by Crippen LogP contribution is -2.11. The molecule has 2 heterocycles. The second kappa shape index (κ2) is 4.57. The molecule has 2 aromatic heterocycles. The van der Waals surface area contributed by atoms with Crippen molar-refractivity contribution in [2.24, 2.45) is 0 Å². The Morgan fingerprint density at radius 2 is 2.31 bits per heavy atom. The van der Waals surface area contributed by atoms with Crippen LogP contribution in [0.2, 0.25) is 0 Å². The molecule has 0 aromatic carbocycles. The summed E-state index contributed by atoms with van der Waals surface area (Å²) in [6, 6.07) is 0. The Morgan fingerprint density at radius 3 is 2.94 bits per heavy atom. The summed E-state index contributed by atoms with van der Waals surface area (Å²) >= 11 is 1.54. The molecular formula is C11H13N3OS. The summed E-state index contributed by atoms with van der Waals surface area (Å²) in [7, 11) is 0. The molecular weight excluding hydrogens is 222 g/mol. The zero-order valence-electron chi connectivity index (χ0n) is 9.30. The fourth-order valence-corrected chi connectivity index (χ4v) is 2.37. The Hall–Kier alpha value is -1.49. The summed E-state index contributed by atoms with van der Waals surface area (Å²) in [5.74, 6) is 0.0113. The summed E-state index contributed by atoms with van der Waals surface area (Å²) in [6.45, 7) is 4.72. The number of nitrogens with zero attached hydrogens (tertiary/aromatic N) is 3. The van der Waals surface area contributed by atoms with Crippen molar-refractivity contribution < 1.29 is 4.79 Å². The van der Waals surface area contributed by atoms with Crippen molar-refractivity contribution in [2.75, 3.05) is 0 Å². The minimum Gasteiger partial charge on any atom is -0.287 e. The molecule has 0 saturated heterocycles. The van der Waals surface area contributed by atoms with Crippen LogP contribution >= 0.6 is 11.3 Å². The maximum Gasteiger partial charge on any atom is 0.213 e. The van der Waals surface area contributed by atoms with Crippen molar-refractivity contribution in [1.29, 1.82) is 0 Å². The van der Waals surface area contributed by atoms with E-state index in [0.717, 1.165) is 24.1 Å². The second-order valence-corrected chi connectivity index (χ2v) is 4.38. The Morgan fingerprint density at radius 1 is 1.50 bits per heavy atom. The fourth-order valence-electron chi connectivity index (χ4n) is 1.54. The summed E-state index contributed by atoms with van der Waals surface area (Å²) < 4.78 is 1.67. The van der Waals surface area contributed by atoms with Crippen LogP contribution in [0.5, 0.6) is 0 Å². The van der Waals surface area contributed by atoms with Crippen molar-refractivity contribution in [1.82, 2.24) is 15.0 Å². The van der Waals surface area contributed by atoms with Gasteiger partial charge in [0.05, 0.1) is 6.20 Å². The molecule has 4 nitrogen and oxygen atoms in total. The highest BCUT2D eigenvalue weighted by Crippen LogP contribution is 2.17. The van der Waals surface area contributed by atoms with Crippen LogP contribution in [0.25, 0.3) is 0 Å². The molecule has 5 heteroatoms.